The third kappa shape index (κ3) is 5.40. The highest BCUT2D eigenvalue weighted by atomic mass is 15.0. The van der Waals surface area contributed by atoms with Crippen molar-refractivity contribution < 1.29 is 0 Å². The maximum Gasteiger partial charge on any atom is 0.165 e. The molecule has 0 aliphatic heterocycles. The highest BCUT2D eigenvalue weighted by Crippen LogP contribution is 2.45. The summed E-state index contributed by atoms with van der Waals surface area (Å²) in [7, 11) is 0. The second kappa shape index (κ2) is 13.8. The largest absolute Gasteiger partial charge is 0.208 e. The summed E-state index contributed by atoms with van der Waals surface area (Å²) in [6, 6.07) is 75.8. The first-order chi connectivity index (χ1) is 29.8. The second-order valence-corrected chi connectivity index (χ2v) is 15.4. The van der Waals surface area contributed by atoms with Gasteiger partial charge in [0.05, 0.1) is 0 Å². The molecule has 11 aromatic carbocycles. The van der Waals surface area contributed by atoms with Crippen LogP contribution in [0, 0.1) is 0 Å². The minimum atomic E-state index is 0.631. The van der Waals surface area contributed by atoms with E-state index in [4.69, 9.17) is 15.0 Å². The third-order valence-corrected chi connectivity index (χ3v) is 12.1. The molecule has 0 aliphatic rings. The molecule has 1 heterocycles. The Morgan fingerprint density at radius 2 is 0.567 bits per heavy atom. The van der Waals surface area contributed by atoms with E-state index in [1.165, 1.54) is 59.8 Å². The van der Waals surface area contributed by atoms with Crippen molar-refractivity contribution in [2.45, 2.75) is 0 Å². The Bertz CT molecular complexity index is 3580. The number of nitrogens with zero attached hydrogens (tertiary/aromatic N) is 3. The number of aromatic nitrogens is 3. The minimum absolute atomic E-state index is 0.631. The zero-order chi connectivity index (χ0) is 39.6. The van der Waals surface area contributed by atoms with Gasteiger partial charge in [0.2, 0.25) is 0 Å². The van der Waals surface area contributed by atoms with Crippen LogP contribution in [0.1, 0.15) is 0 Å². The van der Waals surface area contributed by atoms with E-state index in [0.29, 0.717) is 17.5 Å². The second-order valence-electron chi connectivity index (χ2n) is 15.4. The molecule has 278 valence electrons. The highest BCUT2D eigenvalue weighted by molar-refractivity contribution is 6.33. The lowest BCUT2D eigenvalue weighted by Gasteiger charge is -2.17. The van der Waals surface area contributed by atoms with Crippen LogP contribution < -0.4 is 0 Å². The van der Waals surface area contributed by atoms with E-state index >= 15 is 0 Å². The number of hydrogen-bond acceptors (Lipinski definition) is 3. The van der Waals surface area contributed by atoms with Gasteiger partial charge in [0.1, 0.15) is 0 Å². The van der Waals surface area contributed by atoms with Crippen LogP contribution in [-0.4, -0.2) is 15.0 Å². The van der Waals surface area contributed by atoms with Crippen LogP contribution in [0.3, 0.4) is 0 Å². The molecular weight excluding hydrogens is 727 g/mol. The van der Waals surface area contributed by atoms with Gasteiger partial charge < -0.3 is 0 Å². The first-order valence-corrected chi connectivity index (χ1v) is 20.4. The average molecular weight is 762 g/mol. The molecular formula is C57H35N3. The number of benzene rings is 11. The van der Waals surface area contributed by atoms with Crippen LogP contribution in [-0.2, 0) is 0 Å². The zero-order valence-corrected chi connectivity index (χ0v) is 32.5. The first kappa shape index (κ1) is 34.1. The average Bonchev–Trinajstić information content (AvgIpc) is 3.33. The predicted octanol–water partition coefficient (Wildman–Crippen LogP) is 15.1. The summed E-state index contributed by atoms with van der Waals surface area (Å²) in [5.74, 6) is 1.92. The summed E-state index contributed by atoms with van der Waals surface area (Å²) in [6.45, 7) is 0. The molecule has 12 rings (SSSR count). The molecule has 0 saturated heterocycles. The Hall–Kier alpha value is -8.01. The van der Waals surface area contributed by atoms with Gasteiger partial charge in [0.15, 0.2) is 17.5 Å². The van der Waals surface area contributed by atoms with Crippen molar-refractivity contribution in [3.05, 3.63) is 212 Å². The van der Waals surface area contributed by atoms with E-state index in [0.717, 1.165) is 43.8 Å². The van der Waals surface area contributed by atoms with E-state index in [-0.39, 0.29) is 0 Å². The molecule has 3 heteroatoms. The van der Waals surface area contributed by atoms with Crippen molar-refractivity contribution in [1.82, 2.24) is 15.0 Å². The summed E-state index contributed by atoms with van der Waals surface area (Å²) in [5, 5.41) is 14.6. The molecule has 0 amide bonds. The van der Waals surface area contributed by atoms with Crippen molar-refractivity contribution in [3.63, 3.8) is 0 Å². The lowest BCUT2D eigenvalue weighted by Crippen LogP contribution is -2.01. The lowest BCUT2D eigenvalue weighted by atomic mass is 9.87. The number of fused-ring (bicyclic) bond motifs is 10. The van der Waals surface area contributed by atoms with Gasteiger partial charge in [-0.2, -0.15) is 0 Å². The Morgan fingerprint density at radius 3 is 1.12 bits per heavy atom. The van der Waals surface area contributed by atoms with Gasteiger partial charge in [-0.25, -0.2) is 15.0 Å². The molecule has 0 N–H and O–H groups in total. The number of hydrogen-bond donors (Lipinski definition) is 0. The van der Waals surface area contributed by atoms with Crippen LogP contribution in [0.2, 0.25) is 0 Å². The molecule has 60 heavy (non-hydrogen) atoms. The maximum absolute atomic E-state index is 5.34. The molecule has 0 atom stereocenters. The summed E-state index contributed by atoms with van der Waals surface area (Å²) >= 11 is 0. The fraction of sp³-hybridized carbons (Fsp3) is 0. The molecule has 0 saturated carbocycles. The quantitative estimate of drug-likeness (QED) is 0.129. The maximum atomic E-state index is 5.34. The van der Waals surface area contributed by atoms with Crippen LogP contribution in [0.15, 0.2) is 212 Å². The third-order valence-electron chi connectivity index (χ3n) is 12.1. The van der Waals surface area contributed by atoms with Crippen molar-refractivity contribution in [2.24, 2.45) is 0 Å². The Kier molecular flexibility index (Phi) is 7.85. The lowest BCUT2D eigenvalue weighted by molar-refractivity contribution is 1.08. The fourth-order valence-electron chi connectivity index (χ4n) is 9.42. The van der Waals surface area contributed by atoms with Crippen LogP contribution in [0.4, 0.5) is 0 Å². The molecule has 0 bridgehead atoms. The Balaban J connectivity index is 1.07. The summed E-state index contributed by atoms with van der Waals surface area (Å²) in [5.41, 5.74) is 7.59. The van der Waals surface area contributed by atoms with Crippen LogP contribution in [0.25, 0.3) is 121 Å². The van der Waals surface area contributed by atoms with Gasteiger partial charge in [-0.3, -0.25) is 0 Å². The Labute approximate surface area is 346 Å². The van der Waals surface area contributed by atoms with Crippen LogP contribution in [0.5, 0.6) is 0 Å². The van der Waals surface area contributed by atoms with Gasteiger partial charge in [0.25, 0.3) is 0 Å². The van der Waals surface area contributed by atoms with Gasteiger partial charge >= 0.3 is 0 Å². The molecule has 0 aliphatic carbocycles. The molecule has 12 aromatic rings. The van der Waals surface area contributed by atoms with Crippen molar-refractivity contribution in [2.75, 3.05) is 0 Å². The van der Waals surface area contributed by atoms with E-state index in [1.807, 2.05) is 18.2 Å². The van der Waals surface area contributed by atoms with Gasteiger partial charge in [-0.05, 0) is 93.0 Å². The normalized spacial score (nSPS) is 11.7. The SMILES string of the molecule is c1ccc(-c2nc(-c3ccc(-c4cc5c6ccccc6c6ccccc6c5c5ccccc45)cc3)nc(-c3c4ccccc4c(-c4ccccc4)c4ccccc34)n2)cc1. The topological polar surface area (TPSA) is 38.7 Å². The fourth-order valence-corrected chi connectivity index (χ4v) is 9.42. The van der Waals surface area contributed by atoms with Crippen molar-refractivity contribution >= 4 is 64.6 Å². The van der Waals surface area contributed by atoms with E-state index < -0.39 is 0 Å². The molecule has 0 radical (unpaired) electrons. The first-order valence-electron chi connectivity index (χ1n) is 20.4. The van der Waals surface area contributed by atoms with E-state index in [9.17, 15) is 0 Å². The molecule has 0 unspecified atom stereocenters. The van der Waals surface area contributed by atoms with Gasteiger partial charge in [-0.15, -0.1) is 0 Å². The van der Waals surface area contributed by atoms with Crippen molar-refractivity contribution in [1.29, 1.82) is 0 Å². The van der Waals surface area contributed by atoms with Crippen molar-refractivity contribution in [3.8, 4) is 56.4 Å². The molecule has 1 aromatic heterocycles. The van der Waals surface area contributed by atoms with E-state index in [1.54, 1.807) is 0 Å². The minimum Gasteiger partial charge on any atom is -0.208 e. The smallest absolute Gasteiger partial charge is 0.165 e. The summed E-state index contributed by atoms with van der Waals surface area (Å²) in [6.07, 6.45) is 0. The molecule has 0 spiro atoms. The molecule has 0 fully saturated rings. The predicted molar refractivity (Wildman–Crippen MR) is 252 cm³/mol. The van der Waals surface area contributed by atoms with Crippen LogP contribution >= 0.6 is 0 Å². The molecule has 3 nitrogen and oxygen atoms in total. The number of rotatable bonds is 5. The van der Waals surface area contributed by atoms with E-state index in [2.05, 4.69) is 194 Å². The standard InChI is InChI=1S/C57H35N3/c1-3-17-37(18-4-1)52-46-27-13-15-29-48(46)54(49-30-16-14-28-47(49)52)57-59-55(38-19-5-2-6-20-38)58-56(60-57)39-33-31-36(32-34-39)50-35-51-42-23-8-7-21-40(42)41-22-9-11-25-44(41)53(51)45-26-12-10-24-43(45)50/h1-35H. The zero-order valence-electron chi connectivity index (χ0n) is 32.5. The summed E-state index contributed by atoms with van der Waals surface area (Å²) in [4.78, 5) is 15.7. The Morgan fingerprint density at radius 1 is 0.217 bits per heavy atom. The van der Waals surface area contributed by atoms with Gasteiger partial charge in [0, 0.05) is 16.7 Å². The summed E-state index contributed by atoms with van der Waals surface area (Å²) < 4.78 is 0. The highest BCUT2D eigenvalue weighted by Gasteiger charge is 2.21. The van der Waals surface area contributed by atoms with Gasteiger partial charge in [-0.1, -0.05) is 206 Å². The monoisotopic (exact) mass is 761 g/mol.